The molecule has 1 aliphatic heterocycles. The monoisotopic (exact) mass is 401 g/mol. The van der Waals surface area contributed by atoms with E-state index in [2.05, 4.69) is 5.32 Å². The first kappa shape index (κ1) is 20.2. The summed E-state index contributed by atoms with van der Waals surface area (Å²) in [7, 11) is -4.11. The van der Waals surface area contributed by atoms with Gasteiger partial charge in [0.05, 0.1) is 6.04 Å². The molecule has 1 atom stereocenters. The fourth-order valence-electron chi connectivity index (χ4n) is 3.70. The van der Waals surface area contributed by atoms with Crippen molar-refractivity contribution in [3.8, 4) is 0 Å². The largest absolute Gasteiger partial charge is 0.352 e. The molecule has 1 aromatic carbocycles. The molecule has 0 unspecified atom stereocenters. The standard InChI is InChI=1S/C18H25F2N3O3S/c1-13(18(24)21-15-4-2-3-5-15)22-8-10-23(11-9-22)27(25,26)17-12-14(19)6-7-16(17)20/h6-7,12-13,15H,2-5,8-11H2,1H3,(H,21,24)/t13-/m0/s1. The zero-order valence-electron chi connectivity index (χ0n) is 15.3. The molecule has 0 radical (unpaired) electrons. The normalized spacial score (nSPS) is 21.3. The number of amides is 1. The lowest BCUT2D eigenvalue weighted by Crippen LogP contribution is -2.55. The van der Waals surface area contributed by atoms with Crippen LogP contribution in [0.25, 0.3) is 0 Å². The van der Waals surface area contributed by atoms with Crippen molar-refractivity contribution in [2.24, 2.45) is 0 Å². The summed E-state index contributed by atoms with van der Waals surface area (Å²) >= 11 is 0. The van der Waals surface area contributed by atoms with Crippen LogP contribution in [0.5, 0.6) is 0 Å². The van der Waals surface area contributed by atoms with Gasteiger partial charge in [-0.25, -0.2) is 17.2 Å². The maximum atomic E-state index is 13.9. The third kappa shape index (κ3) is 4.47. The van der Waals surface area contributed by atoms with Gasteiger partial charge in [-0.15, -0.1) is 0 Å². The fraction of sp³-hybridized carbons (Fsp3) is 0.611. The van der Waals surface area contributed by atoms with Gasteiger partial charge in [0.1, 0.15) is 16.5 Å². The lowest BCUT2D eigenvalue weighted by molar-refractivity contribution is -0.127. The number of carbonyl (C=O) groups excluding carboxylic acids is 1. The van der Waals surface area contributed by atoms with E-state index in [0.717, 1.165) is 42.1 Å². The van der Waals surface area contributed by atoms with Crippen LogP contribution in [-0.2, 0) is 14.8 Å². The molecule has 2 fully saturated rings. The Morgan fingerprint density at radius 1 is 1.15 bits per heavy atom. The number of benzene rings is 1. The van der Waals surface area contributed by atoms with Gasteiger partial charge in [0, 0.05) is 32.2 Å². The van der Waals surface area contributed by atoms with E-state index in [9.17, 15) is 22.0 Å². The molecule has 1 amide bonds. The average molecular weight is 401 g/mol. The van der Waals surface area contributed by atoms with E-state index in [-0.39, 0.29) is 31.1 Å². The van der Waals surface area contributed by atoms with Gasteiger partial charge >= 0.3 is 0 Å². The van der Waals surface area contributed by atoms with E-state index in [4.69, 9.17) is 0 Å². The number of rotatable bonds is 5. The summed E-state index contributed by atoms with van der Waals surface area (Å²) in [4.78, 5) is 13.7. The molecular weight excluding hydrogens is 376 g/mol. The van der Waals surface area contributed by atoms with Crippen molar-refractivity contribution in [3.05, 3.63) is 29.8 Å². The number of nitrogens with zero attached hydrogens (tertiary/aromatic N) is 2. The van der Waals surface area contributed by atoms with Crippen molar-refractivity contribution in [1.82, 2.24) is 14.5 Å². The average Bonchev–Trinajstić information content (AvgIpc) is 3.16. The highest BCUT2D eigenvalue weighted by atomic mass is 32.2. The van der Waals surface area contributed by atoms with Gasteiger partial charge in [-0.2, -0.15) is 4.31 Å². The van der Waals surface area contributed by atoms with Crippen LogP contribution in [0, 0.1) is 11.6 Å². The van der Waals surface area contributed by atoms with Crippen molar-refractivity contribution in [2.75, 3.05) is 26.2 Å². The summed E-state index contributed by atoms with van der Waals surface area (Å²) in [5.74, 6) is -1.82. The number of hydrogen-bond donors (Lipinski definition) is 1. The zero-order chi connectivity index (χ0) is 19.6. The number of hydrogen-bond acceptors (Lipinski definition) is 4. The molecule has 1 saturated heterocycles. The lowest BCUT2D eigenvalue weighted by atomic mass is 10.2. The second kappa shape index (κ2) is 8.20. The Balaban J connectivity index is 1.60. The molecule has 9 heteroatoms. The highest BCUT2D eigenvalue weighted by Gasteiger charge is 2.34. The predicted octanol–water partition coefficient (Wildman–Crippen LogP) is 1.72. The van der Waals surface area contributed by atoms with Gasteiger partial charge in [0.15, 0.2) is 0 Å². The van der Waals surface area contributed by atoms with Crippen LogP contribution >= 0.6 is 0 Å². The smallest absolute Gasteiger partial charge is 0.246 e. The molecule has 1 saturated carbocycles. The quantitative estimate of drug-likeness (QED) is 0.816. The number of carbonyl (C=O) groups is 1. The second-order valence-corrected chi connectivity index (χ2v) is 9.09. The van der Waals surface area contributed by atoms with Crippen molar-refractivity contribution in [3.63, 3.8) is 0 Å². The van der Waals surface area contributed by atoms with Crippen LogP contribution < -0.4 is 5.32 Å². The van der Waals surface area contributed by atoms with Crippen LogP contribution in [-0.4, -0.2) is 61.8 Å². The molecule has 1 heterocycles. The van der Waals surface area contributed by atoms with Gasteiger partial charge in [0.2, 0.25) is 15.9 Å². The van der Waals surface area contributed by atoms with Crippen LogP contribution in [0.4, 0.5) is 8.78 Å². The Hall–Kier alpha value is -1.58. The topological polar surface area (TPSA) is 69.7 Å². The minimum Gasteiger partial charge on any atom is -0.352 e. The Kier molecular flexibility index (Phi) is 6.12. The molecule has 0 spiro atoms. The number of nitrogens with one attached hydrogen (secondary N) is 1. The van der Waals surface area contributed by atoms with Crippen molar-refractivity contribution >= 4 is 15.9 Å². The van der Waals surface area contributed by atoms with Gasteiger partial charge in [-0.05, 0) is 38.0 Å². The molecule has 1 N–H and O–H groups in total. The summed E-state index contributed by atoms with van der Waals surface area (Å²) in [5.41, 5.74) is 0. The van der Waals surface area contributed by atoms with Crippen molar-refractivity contribution in [2.45, 2.75) is 49.6 Å². The molecule has 3 rings (SSSR count). The van der Waals surface area contributed by atoms with E-state index < -0.39 is 26.6 Å². The van der Waals surface area contributed by atoms with Crippen molar-refractivity contribution in [1.29, 1.82) is 0 Å². The van der Waals surface area contributed by atoms with Gasteiger partial charge in [-0.1, -0.05) is 12.8 Å². The van der Waals surface area contributed by atoms with E-state index in [1.54, 1.807) is 6.92 Å². The SMILES string of the molecule is C[C@@H](C(=O)NC1CCCC1)N1CCN(S(=O)(=O)c2cc(F)ccc2F)CC1. The summed E-state index contributed by atoms with van der Waals surface area (Å²) in [5, 5.41) is 3.05. The molecule has 0 aromatic heterocycles. The predicted molar refractivity (Wildman–Crippen MR) is 96.6 cm³/mol. The zero-order valence-corrected chi connectivity index (χ0v) is 16.1. The van der Waals surface area contributed by atoms with E-state index in [1.165, 1.54) is 0 Å². The van der Waals surface area contributed by atoms with Crippen LogP contribution in [0.15, 0.2) is 23.1 Å². The van der Waals surface area contributed by atoms with Crippen LogP contribution in [0.3, 0.4) is 0 Å². The summed E-state index contributed by atoms with van der Waals surface area (Å²) in [6, 6.07) is 2.28. The van der Waals surface area contributed by atoms with Crippen LogP contribution in [0.1, 0.15) is 32.6 Å². The molecule has 6 nitrogen and oxygen atoms in total. The minimum atomic E-state index is -4.11. The molecule has 2 aliphatic rings. The van der Waals surface area contributed by atoms with Gasteiger partial charge < -0.3 is 5.32 Å². The van der Waals surface area contributed by atoms with E-state index >= 15 is 0 Å². The minimum absolute atomic E-state index is 0.0469. The molecule has 1 aromatic rings. The third-order valence-electron chi connectivity index (χ3n) is 5.41. The molecule has 0 bridgehead atoms. The first-order valence-corrected chi connectivity index (χ1v) is 10.7. The first-order valence-electron chi connectivity index (χ1n) is 9.28. The Bertz CT molecular complexity index is 789. The maximum Gasteiger partial charge on any atom is 0.246 e. The number of piperazine rings is 1. The summed E-state index contributed by atoms with van der Waals surface area (Å²) in [6.45, 7) is 2.77. The van der Waals surface area contributed by atoms with Crippen molar-refractivity contribution < 1.29 is 22.0 Å². The van der Waals surface area contributed by atoms with Crippen LogP contribution in [0.2, 0.25) is 0 Å². The molecular formula is C18H25F2N3O3S. The molecule has 150 valence electrons. The number of halogens is 2. The third-order valence-corrected chi connectivity index (χ3v) is 7.33. The second-order valence-electron chi connectivity index (χ2n) is 7.18. The van der Waals surface area contributed by atoms with Gasteiger partial charge in [-0.3, -0.25) is 9.69 Å². The summed E-state index contributed by atoms with van der Waals surface area (Å²) < 4.78 is 53.6. The number of sulfonamides is 1. The van der Waals surface area contributed by atoms with E-state index in [1.807, 2.05) is 4.90 Å². The maximum absolute atomic E-state index is 13.9. The van der Waals surface area contributed by atoms with E-state index in [0.29, 0.717) is 19.2 Å². The van der Waals surface area contributed by atoms with Gasteiger partial charge in [0.25, 0.3) is 0 Å². The lowest BCUT2D eigenvalue weighted by Gasteiger charge is -2.37. The Morgan fingerprint density at radius 3 is 2.41 bits per heavy atom. The Morgan fingerprint density at radius 2 is 1.78 bits per heavy atom. The highest BCUT2D eigenvalue weighted by molar-refractivity contribution is 7.89. The highest BCUT2D eigenvalue weighted by Crippen LogP contribution is 2.22. The molecule has 27 heavy (non-hydrogen) atoms. The fourth-order valence-corrected chi connectivity index (χ4v) is 5.20. The first-order chi connectivity index (χ1) is 12.8. The molecule has 1 aliphatic carbocycles. The summed E-state index contributed by atoms with van der Waals surface area (Å²) in [6.07, 6.45) is 4.27. The Labute approximate surface area is 158 Å².